The second kappa shape index (κ2) is 10.3. The van der Waals surface area contributed by atoms with Crippen LogP contribution in [0.25, 0.3) is 0 Å². The van der Waals surface area contributed by atoms with Crippen LogP contribution in [0.2, 0.25) is 0 Å². The third-order valence-corrected chi connectivity index (χ3v) is 4.72. The van der Waals surface area contributed by atoms with Gasteiger partial charge >= 0.3 is 6.03 Å². The number of methoxy groups -OCH3 is 1. The summed E-state index contributed by atoms with van der Waals surface area (Å²) in [7, 11) is 1.59. The van der Waals surface area contributed by atoms with Gasteiger partial charge in [-0.1, -0.05) is 23.4 Å². The van der Waals surface area contributed by atoms with E-state index in [1.54, 1.807) is 43.2 Å². The highest BCUT2D eigenvalue weighted by atomic mass is 16.6. The zero-order valence-electron chi connectivity index (χ0n) is 17.1. The standard InChI is InChI=1S/C22H26N4O4/c1-16(21(27)23-18-8-10-20(29-2)11-9-18)30-25-19-12-14-26(15-13-19)22(28)24-17-6-4-3-5-7-17/h3-11,16H,12-15H2,1-2H3,(H,23,27)(H,24,28). The number of carbonyl (C=O) groups is 2. The number of hydrogen-bond donors (Lipinski definition) is 2. The number of benzene rings is 2. The van der Waals surface area contributed by atoms with E-state index in [-0.39, 0.29) is 11.9 Å². The van der Waals surface area contributed by atoms with Gasteiger partial charge in [-0.15, -0.1) is 0 Å². The molecule has 3 rings (SSSR count). The topological polar surface area (TPSA) is 92.3 Å². The number of hydrogen-bond acceptors (Lipinski definition) is 5. The summed E-state index contributed by atoms with van der Waals surface area (Å²) in [6.45, 7) is 2.74. The number of likely N-dealkylation sites (tertiary alicyclic amines) is 1. The largest absolute Gasteiger partial charge is 0.497 e. The fraction of sp³-hybridized carbons (Fsp3) is 0.318. The number of ether oxygens (including phenoxy) is 1. The summed E-state index contributed by atoms with van der Waals surface area (Å²) in [6.07, 6.45) is 0.475. The fourth-order valence-electron chi connectivity index (χ4n) is 2.90. The van der Waals surface area contributed by atoms with Crippen molar-refractivity contribution in [1.29, 1.82) is 0 Å². The molecule has 1 heterocycles. The number of oxime groups is 1. The van der Waals surface area contributed by atoms with Gasteiger partial charge in [-0.2, -0.15) is 0 Å². The molecule has 1 atom stereocenters. The first-order chi connectivity index (χ1) is 14.5. The molecule has 2 aromatic rings. The van der Waals surface area contributed by atoms with E-state index >= 15 is 0 Å². The van der Waals surface area contributed by atoms with Gasteiger partial charge in [-0.05, 0) is 43.3 Å². The third kappa shape index (κ3) is 5.97. The molecule has 2 N–H and O–H groups in total. The van der Waals surface area contributed by atoms with Crippen LogP contribution in [0.3, 0.4) is 0 Å². The van der Waals surface area contributed by atoms with Crippen LogP contribution in [0.5, 0.6) is 5.75 Å². The van der Waals surface area contributed by atoms with Gasteiger partial charge in [0.25, 0.3) is 5.91 Å². The summed E-state index contributed by atoms with van der Waals surface area (Å²) < 4.78 is 5.10. The summed E-state index contributed by atoms with van der Waals surface area (Å²) in [4.78, 5) is 31.7. The lowest BCUT2D eigenvalue weighted by molar-refractivity contribution is -0.126. The monoisotopic (exact) mass is 410 g/mol. The number of anilines is 2. The number of carbonyl (C=O) groups excluding carboxylic acids is 2. The smallest absolute Gasteiger partial charge is 0.321 e. The predicted octanol–water partition coefficient (Wildman–Crippen LogP) is 3.72. The lowest BCUT2D eigenvalue weighted by atomic mass is 10.1. The van der Waals surface area contributed by atoms with Crippen LogP contribution in [0.4, 0.5) is 16.2 Å². The Balaban J connectivity index is 1.43. The quantitative estimate of drug-likeness (QED) is 0.710. The summed E-state index contributed by atoms with van der Waals surface area (Å²) in [5.41, 5.74) is 2.26. The maximum atomic E-state index is 12.3. The lowest BCUT2D eigenvalue weighted by Gasteiger charge is -2.27. The van der Waals surface area contributed by atoms with Gasteiger partial charge in [-0.25, -0.2) is 4.79 Å². The highest BCUT2D eigenvalue weighted by molar-refractivity contribution is 5.94. The third-order valence-electron chi connectivity index (χ3n) is 4.72. The molecule has 1 unspecified atom stereocenters. The van der Waals surface area contributed by atoms with E-state index in [2.05, 4.69) is 15.8 Å². The molecule has 8 nitrogen and oxygen atoms in total. The van der Waals surface area contributed by atoms with Crippen LogP contribution >= 0.6 is 0 Å². The molecule has 0 aliphatic carbocycles. The van der Waals surface area contributed by atoms with Crippen LogP contribution in [-0.2, 0) is 9.63 Å². The molecule has 1 saturated heterocycles. The molecule has 1 aliphatic heterocycles. The molecule has 0 aromatic heterocycles. The second-order valence-electron chi connectivity index (χ2n) is 6.91. The Kier molecular flexibility index (Phi) is 7.26. The Morgan fingerprint density at radius 3 is 2.23 bits per heavy atom. The van der Waals surface area contributed by atoms with Gasteiger partial charge < -0.3 is 25.1 Å². The van der Waals surface area contributed by atoms with E-state index in [0.717, 1.165) is 11.4 Å². The summed E-state index contributed by atoms with van der Waals surface area (Å²) in [5, 5.41) is 9.78. The number of para-hydroxylation sites is 1. The molecule has 2 aromatic carbocycles. The number of rotatable bonds is 6. The zero-order valence-corrected chi connectivity index (χ0v) is 17.1. The Morgan fingerprint density at radius 1 is 0.967 bits per heavy atom. The minimum atomic E-state index is -0.737. The van der Waals surface area contributed by atoms with E-state index in [0.29, 0.717) is 37.4 Å². The molecule has 0 saturated carbocycles. The van der Waals surface area contributed by atoms with E-state index in [4.69, 9.17) is 9.57 Å². The maximum absolute atomic E-state index is 12.3. The van der Waals surface area contributed by atoms with Gasteiger partial charge in [0, 0.05) is 37.3 Å². The fourth-order valence-corrected chi connectivity index (χ4v) is 2.90. The summed E-state index contributed by atoms with van der Waals surface area (Å²) >= 11 is 0. The number of nitrogens with one attached hydrogen (secondary N) is 2. The van der Waals surface area contributed by atoms with Gasteiger partial charge in [-0.3, -0.25) is 4.79 Å². The Hall–Kier alpha value is -3.55. The Bertz CT molecular complexity index is 874. The highest BCUT2D eigenvalue weighted by Crippen LogP contribution is 2.16. The van der Waals surface area contributed by atoms with Crippen molar-refractivity contribution in [2.75, 3.05) is 30.8 Å². The first-order valence-electron chi connectivity index (χ1n) is 9.82. The molecule has 1 fully saturated rings. The molecule has 0 radical (unpaired) electrons. The lowest BCUT2D eigenvalue weighted by Crippen LogP contribution is -2.41. The van der Waals surface area contributed by atoms with Gasteiger partial charge in [0.2, 0.25) is 6.10 Å². The summed E-state index contributed by atoms with van der Waals surface area (Å²) in [6, 6.07) is 16.3. The molecule has 30 heavy (non-hydrogen) atoms. The van der Waals surface area contributed by atoms with Crippen molar-refractivity contribution in [3.63, 3.8) is 0 Å². The first kappa shape index (κ1) is 21.2. The van der Waals surface area contributed by atoms with E-state index < -0.39 is 6.10 Å². The van der Waals surface area contributed by atoms with Gasteiger partial charge in [0.15, 0.2) is 0 Å². The van der Waals surface area contributed by atoms with E-state index in [1.165, 1.54) is 0 Å². The molecule has 3 amide bonds. The first-order valence-corrected chi connectivity index (χ1v) is 9.82. The van der Waals surface area contributed by atoms with Crippen molar-refractivity contribution in [3.05, 3.63) is 54.6 Å². The van der Waals surface area contributed by atoms with E-state index in [9.17, 15) is 9.59 Å². The van der Waals surface area contributed by atoms with Crippen molar-refractivity contribution >= 4 is 29.0 Å². The second-order valence-corrected chi connectivity index (χ2v) is 6.91. The number of piperidine rings is 1. The molecule has 8 heteroatoms. The SMILES string of the molecule is COc1ccc(NC(=O)C(C)ON=C2CCN(C(=O)Nc3ccccc3)CC2)cc1. The van der Waals surface area contributed by atoms with Crippen molar-refractivity contribution < 1.29 is 19.2 Å². The number of nitrogens with zero attached hydrogens (tertiary/aromatic N) is 2. The Labute approximate surface area is 175 Å². The highest BCUT2D eigenvalue weighted by Gasteiger charge is 2.21. The van der Waals surface area contributed by atoms with Crippen LogP contribution < -0.4 is 15.4 Å². The van der Waals surface area contributed by atoms with E-state index in [1.807, 2.05) is 30.3 Å². The van der Waals surface area contributed by atoms with Gasteiger partial charge in [0.05, 0.1) is 12.8 Å². The Morgan fingerprint density at radius 2 is 1.60 bits per heavy atom. The van der Waals surface area contributed by atoms with Crippen molar-refractivity contribution in [2.45, 2.75) is 25.9 Å². The van der Waals surface area contributed by atoms with Gasteiger partial charge in [0.1, 0.15) is 5.75 Å². The molecule has 158 valence electrons. The predicted molar refractivity (Wildman–Crippen MR) is 116 cm³/mol. The summed E-state index contributed by atoms with van der Waals surface area (Å²) in [5.74, 6) is 0.427. The molecule has 1 aliphatic rings. The minimum absolute atomic E-state index is 0.131. The average Bonchev–Trinajstić information content (AvgIpc) is 2.79. The van der Waals surface area contributed by atoms with Crippen molar-refractivity contribution in [1.82, 2.24) is 4.90 Å². The number of urea groups is 1. The van der Waals surface area contributed by atoms with Crippen LogP contribution in [0.1, 0.15) is 19.8 Å². The average molecular weight is 410 g/mol. The minimum Gasteiger partial charge on any atom is -0.497 e. The zero-order chi connectivity index (χ0) is 21.3. The van der Waals surface area contributed by atoms with Crippen LogP contribution in [0.15, 0.2) is 59.8 Å². The molecular formula is C22H26N4O4. The number of amides is 3. The van der Waals surface area contributed by atoms with Crippen molar-refractivity contribution in [2.24, 2.45) is 5.16 Å². The van der Waals surface area contributed by atoms with Crippen LogP contribution in [0, 0.1) is 0 Å². The normalized spacial score (nSPS) is 14.5. The molecule has 0 spiro atoms. The van der Waals surface area contributed by atoms with Crippen LogP contribution in [-0.4, -0.2) is 48.9 Å². The molecular weight excluding hydrogens is 384 g/mol. The maximum Gasteiger partial charge on any atom is 0.321 e. The van der Waals surface area contributed by atoms with Crippen molar-refractivity contribution in [3.8, 4) is 5.75 Å². The molecule has 0 bridgehead atoms.